The van der Waals surface area contributed by atoms with Gasteiger partial charge in [-0.2, -0.15) is 0 Å². The lowest BCUT2D eigenvalue weighted by atomic mass is 9.99. The van der Waals surface area contributed by atoms with Crippen molar-refractivity contribution in [3.05, 3.63) is 70.5 Å². The standard InChI is InChI=1S/C18H20S/c1-4-6-9-15(5-2)17-11-12-18(19-17)16-10-7-8-14(3)13-16/h4-6,8-9,11-13H,1,7,10H2,2-3H3/b9-6-,15-5+. The van der Waals surface area contributed by atoms with E-state index >= 15 is 0 Å². The smallest absolute Gasteiger partial charge is 0.0345 e. The van der Waals surface area contributed by atoms with Crippen LogP contribution in [-0.2, 0) is 0 Å². The summed E-state index contributed by atoms with van der Waals surface area (Å²) < 4.78 is 0. The molecule has 0 spiro atoms. The van der Waals surface area contributed by atoms with E-state index in [9.17, 15) is 0 Å². The van der Waals surface area contributed by atoms with Gasteiger partial charge < -0.3 is 0 Å². The minimum Gasteiger partial charge on any atom is -0.136 e. The van der Waals surface area contributed by atoms with E-state index in [2.05, 4.69) is 56.9 Å². The lowest BCUT2D eigenvalue weighted by Gasteiger charge is -2.09. The van der Waals surface area contributed by atoms with Crippen LogP contribution in [0.25, 0.3) is 11.1 Å². The summed E-state index contributed by atoms with van der Waals surface area (Å²) in [5.41, 5.74) is 4.12. The predicted octanol–water partition coefficient (Wildman–Crippen LogP) is 6.02. The quantitative estimate of drug-likeness (QED) is 0.586. The van der Waals surface area contributed by atoms with Crippen molar-refractivity contribution in [3.8, 4) is 0 Å². The largest absolute Gasteiger partial charge is 0.136 e. The van der Waals surface area contributed by atoms with E-state index in [4.69, 9.17) is 0 Å². The first-order chi connectivity index (χ1) is 9.24. The predicted molar refractivity (Wildman–Crippen MR) is 88.3 cm³/mol. The van der Waals surface area contributed by atoms with Crippen LogP contribution in [0.2, 0.25) is 0 Å². The Labute approximate surface area is 120 Å². The molecule has 19 heavy (non-hydrogen) atoms. The second kappa shape index (κ2) is 6.53. The first-order valence-corrected chi connectivity index (χ1v) is 7.49. The molecule has 0 N–H and O–H groups in total. The van der Waals surface area contributed by atoms with Crippen LogP contribution in [0, 0.1) is 0 Å². The monoisotopic (exact) mass is 268 g/mol. The molecule has 1 aromatic rings. The molecule has 0 radical (unpaired) electrons. The van der Waals surface area contributed by atoms with E-state index < -0.39 is 0 Å². The van der Waals surface area contributed by atoms with Crippen LogP contribution < -0.4 is 0 Å². The van der Waals surface area contributed by atoms with E-state index in [1.54, 1.807) is 0 Å². The van der Waals surface area contributed by atoms with Gasteiger partial charge in [-0.1, -0.05) is 48.6 Å². The van der Waals surface area contributed by atoms with Crippen molar-refractivity contribution in [2.24, 2.45) is 0 Å². The minimum absolute atomic E-state index is 1.16. The Morgan fingerprint density at radius 1 is 1.37 bits per heavy atom. The van der Waals surface area contributed by atoms with Crippen molar-refractivity contribution >= 4 is 22.5 Å². The van der Waals surface area contributed by atoms with Gasteiger partial charge in [0.25, 0.3) is 0 Å². The van der Waals surface area contributed by atoms with Gasteiger partial charge in [0.1, 0.15) is 0 Å². The maximum atomic E-state index is 3.72. The zero-order chi connectivity index (χ0) is 13.7. The zero-order valence-electron chi connectivity index (χ0n) is 11.6. The lowest BCUT2D eigenvalue weighted by Crippen LogP contribution is -1.87. The summed E-state index contributed by atoms with van der Waals surface area (Å²) in [6.07, 6.45) is 15.0. The Bertz CT molecular complexity index is 577. The summed E-state index contributed by atoms with van der Waals surface area (Å²) in [6, 6.07) is 4.47. The molecule has 0 unspecified atom stereocenters. The fraction of sp³-hybridized carbons (Fsp3) is 0.222. The molecule has 98 valence electrons. The molecule has 0 fully saturated rings. The number of allylic oxidation sites excluding steroid dienone is 9. The fourth-order valence-electron chi connectivity index (χ4n) is 2.21. The van der Waals surface area contributed by atoms with Crippen LogP contribution in [0.15, 0.2) is 60.7 Å². The average molecular weight is 268 g/mol. The highest BCUT2D eigenvalue weighted by Crippen LogP contribution is 2.34. The third-order valence-corrected chi connectivity index (χ3v) is 4.42. The third-order valence-electron chi connectivity index (χ3n) is 3.21. The first-order valence-electron chi connectivity index (χ1n) is 6.68. The lowest BCUT2D eigenvalue weighted by molar-refractivity contribution is 1.04. The van der Waals surface area contributed by atoms with Crippen molar-refractivity contribution in [2.75, 3.05) is 0 Å². The Morgan fingerprint density at radius 3 is 2.89 bits per heavy atom. The maximum Gasteiger partial charge on any atom is 0.0345 e. The topological polar surface area (TPSA) is 0 Å². The molecule has 1 aliphatic carbocycles. The molecular weight excluding hydrogens is 248 g/mol. The molecule has 2 rings (SSSR count). The summed E-state index contributed by atoms with van der Waals surface area (Å²) in [4.78, 5) is 2.72. The van der Waals surface area contributed by atoms with Crippen LogP contribution in [0.5, 0.6) is 0 Å². The van der Waals surface area contributed by atoms with Gasteiger partial charge in [-0.3, -0.25) is 0 Å². The molecule has 1 aromatic heterocycles. The number of hydrogen-bond acceptors (Lipinski definition) is 1. The number of thiophene rings is 1. The van der Waals surface area contributed by atoms with Crippen molar-refractivity contribution in [3.63, 3.8) is 0 Å². The molecular formula is C18H20S. The molecule has 0 amide bonds. The number of hydrogen-bond donors (Lipinski definition) is 0. The first kappa shape index (κ1) is 13.8. The van der Waals surface area contributed by atoms with Gasteiger partial charge in [0.2, 0.25) is 0 Å². The molecule has 0 atom stereocenters. The van der Waals surface area contributed by atoms with Crippen molar-refractivity contribution in [1.29, 1.82) is 0 Å². The van der Waals surface area contributed by atoms with Crippen LogP contribution in [0.1, 0.15) is 36.4 Å². The Hall–Kier alpha value is -1.60. The van der Waals surface area contributed by atoms with Crippen LogP contribution in [-0.4, -0.2) is 0 Å². The summed E-state index contributed by atoms with van der Waals surface area (Å²) in [7, 11) is 0. The summed E-state index contributed by atoms with van der Waals surface area (Å²) >= 11 is 1.88. The minimum atomic E-state index is 1.16. The Balaban J connectivity index is 2.26. The van der Waals surface area contributed by atoms with Crippen molar-refractivity contribution in [1.82, 2.24) is 0 Å². The fourth-order valence-corrected chi connectivity index (χ4v) is 3.32. The van der Waals surface area contributed by atoms with Crippen LogP contribution in [0.3, 0.4) is 0 Å². The van der Waals surface area contributed by atoms with E-state index in [0.29, 0.717) is 0 Å². The molecule has 0 saturated carbocycles. The molecule has 0 saturated heterocycles. The van der Waals surface area contributed by atoms with Crippen molar-refractivity contribution in [2.45, 2.75) is 26.7 Å². The Morgan fingerprint density at radius 2 is 2.21 bits per heavy atom. The van der Waals surface area contributed by atoms with E-state index in [0.717, 1.165) is 12.8 Å². The second-order valence-electron chi connectivity index (χ2n) is 4.66. The zero-order valence-corrected chi connectivity index (χ0v) is 12.5. The molecule has 0 aromatic carbocycles. The highest BCUT2D eigenvalue weighted by atomic mass is 32.1. The Kier molecular flexibility index (Phi) is 4.75. The number of rotatable bonds is 4. The summed E-state index contributed by atoms with van der Waals surface area (Å²) in [5.74, 6) is 0. The molecule has 0 bridgehead atoms. The van der Waals surface area contributed by atoms with Crippen LogP contribution in [0.4, 0.5) is 0 Å². The molecule has 0 nitrogen and oxygen atoms in total. The third kappa shape index (κ3) is 3.45. The maximum absolute atomic E-state index is 3.72. The van der Waals surface area contributed by atoms with E-state index in [1.165, 1.54) is 26.5 Å². The normalized spacial score (nSPS) is 16.4. The van der Waals surface area contributed by atoms with Gasteiger partial charge in [-0.15, -0.1) is 11.3 Å². The molecule has 1 aliphatic rings. The summed E-state index contributed by atoms with van der Waals surface area (Å²) in [6.45, 7) is 7.98. The van der Waals surface area contributed by atoms with Gasteiger partial charge in [-0.05, 0) is 50.0 Å². The van der Waals surface area contributed by atoms with Gasteiger partial charge in [0.15, 0.2) is 0 Å². The highest BCUT2D eigenvalue weighted by molar-refractivity contribution is 7.14. The molecule has 1 heteroatoms. The van der Waals surface area contributed by atoms with E-state index in [1.807, 2.05) is 23.5 Å². The van der Waals surface area contributed by atoms with Gasteiger partial charge in [0.05, 0.1) is 0 Å². The average Bonchev–Trinajstić information content (AvgIpc) is 2.89. The van der Waals surface area contributed by atoms with Crippen molar-refractivity contribution < 1.29 is 0 Å². The molecule has 1 heterocycles. The van der Waals surface area contributed by atoms with Gasteiger partial charge in [-0.25, -0.2) is 0 Å². The van der Waals surface area contributed by atoms with Gasteiger partial charge >= 0.3 is 0 Å². The van der Waals surface area contributed by atoms with Crippen LogP contribution >= 0.6 is 11.3 Å². The van der Waals surface area contributed by atoms with E-state index in [-0.39, 0.29) is 0 Å². The highest BCUT2D eigenvalue weighted by Gasteiger charge is 2.09. The van der Waals surface area contributed by atoms with Gasteiger partial charge in [0, 0.05) is 9.75 Å². The molecule has 0 aliphatic heterocycles. The second-order valence-corrected chi connectivity index (χ2v) is 5.74. The summed E-state index contributed by atoms with van der Waals surface area (Å²) in [5, 5.41) is 0. The SMILES string of the molecule is C=C/C=C\C(=C/C)c1ccc(C2=CC(C)=CCC2)s1.